The molecule has 0 aliphatic heterocycles. The molecule has 0 spiro atoms. The minimum absolute atomic E-state index is 0.102. The fraction of sp³-hybridized carbons (Fsp3) is 0.188. The summed E-state index contributed by atoms with van der Waals surface area (Å²) in [7, 11) is 0. The third-order valence-electron chi connectivity index (χ3n) is 2.76. The van der Waals surface area contributed by atoms with Crippen molar-refractivity contribution in [2.75, 3.05) is 0 Å². The molecule has 0 bridgehead atoms. The van der Waals surface area contributed by atoms with Gasteiger partial charge in [-0.25, -0.2) is 4.79 Å². The zero-order valence-electron chi connectivity index (χ0n) is 11.9. The smallest absolute Gasteiger partial charge is 0.410 e. The first-order chi connectivity index (χ1) is 10.9. The Bertz CT molecular complexity index is 617. The van der Waals surface area contributed by atoms with E-state index in [0.29, 0.717) is 5.75 Å². The highest BCUT2D eigenvalue weighted by Crippen LogP contribution is 2.31. The van der Waals surface area contributed by atoms with E-state index in [4.69, 9.17) is 44.3 Å². The van der Waals surface area contributed by atoms with Crippen LogP contribution in [-0.4, -0.2) is 16.1 Å². The van der Waals surface area contributed by atoms with Crippen LogP contribution in [0.25, 0.3) is 0 Å². The summed E-state index contributed by atoms with van der Waals surface area (Å²) in [6, 6.07) is 17.9. The Morgan fingerprint density at radius 3 is 2.13 bits per heavy atom. The van der Waals surface area contributed by atoms with Gasteiger partial charge in [0.2, 0.25) is 10.0 Å². The van der Waals surface area contributed by atoms with Crippen LogP contribution in [0.4, 0.5) is 4.79 Å². The first-order valence-corrected chi connectivity index (χ1v) is 7.84. The molecule has 0 aromatic heterocycles. The topological polar surface area (TPSA) is 47.6 Å². The standard InChI is InChI=1S/C16H14Cl3NO3/c17-16(18,19)14(23-13-9-5-2-6-10-13)20-15(21)22-11-12-7-3-1-4-8-12/h1-10,14H,11H2,(H,20,21)/t14-/m0/s1. The number of alkyl carbamates (subject to hydrolysis) is 1. The summed E-state index contributed by atoms with van der Waals surface area (Å²) in [5.74, 6) is 0.451. The lowest BCUT2D eigenvalue weighted by atomic mass is 10.2. The highest BCUT2D eigenvalue weighted by atomic mass is 35.6. The maximum Gasteiger partial charge on any atom is 0.410 e. The predicted octanol–water partition coefficient (Wildman–Crippen LogP) is 4.69. The van der Waals surface area contributed by atoms with E-state index < -0.39 is 16.1 Å². The van der Waals surface area contributed by atoms with E-state index in [0.717, 1.165) is 5.56 Å². The second-order valence-corrected chi connectivity index (χ2v) is 6.93. The van der Waals surface area contributed by atoms with Crippen molar-refractivity contribution < 1.29 is 14.3 Å². The average molecular weight is 375 g/mol. The summed E-state index contributed by atoms with van der Waals surface area (Å²) >= 11 is 17.5. The predicted molar refractivity (Wildman–Crippen MR) is 90.9 cm³/mol. The van der Waals surface area contributed by atoms with Crippen LogP contribution in [0.3, 0.4) is 0 Å². The van der Waals surface area contributed by atoms with Crippen molar-refractivity contribution in [3.05, 3.63) is 66.2 Å². The first-order valence-electron chi connectivity index (χ1n) is 6.71. The van der Waals surface area contributed by atoms with Crippen LogP contribution >= 0.6 is 34.8 Å². The van der Waals surface area contributed by atoms with Crippen molar-refractivity contribution in [3.63, 3.8) is 0 Å². The zero-order chi connectivity index (χ0) is 16.7. The Morgan fingerprint density at radius 1 is 1.00 bits per heavy atom. The molecule has 0 heterocycles. The summed E-state index contributed by atoms with van der Waals surface area (Å²) in [4.78, 5) is 11.9. The summed E-state index contributed by atoms with van der Waals surface area (Å²) in [6.45, 7) is 0.102. The average Bonchev–Trinajstić information content (AvgIpc) is 2.53. The van der Waals surface area contributed by atoms with Crippen LogP contribution in [0.1, 0.15) is 5.56 Å². The minimum atomic E-state index is -1.86. The Balaban J connectivity index is 1.93. The maximum atomic E-state index is 11.9. The summed E-state index contributed by atoms with van der Waals surface area (Å²) in [6.07, 6.45) is -1.95. The van der Waals surface area contributed by atoms with Crippen molar-refractivity contribution in [1.29, 1.82) is 0 Å². The van der Waals surface area contributed by atoms with E-state index in [1.54, 1.807) is 24.3 Å². The van der Waals surface area contributed by atoms with Gasteiger partial charge in [-0.15, -0.1) is 0 Å². The van der Waals surface area contributed by atoms with Gasteiger partial charge < -0.3 is 9.47 Å². The van der Waals surface area contributed by atoms with Gasteiger partial charge in [0.15, 0.2) is 0 Å². The largest absolute Gasteiger partial charge is 0.466 e. The molecule has 23 heavy (non-hydrogen) atoms. The lowest BCUT2D eigenvalue weighted by Gasteiger charge is -2.25. The van der Waals surface area contributed by atoms with Gasteiger partial charge in [0, 0.05) is 0 Å². The van der Waals surface area contributed by atoms with Gasteiger partial charge in [-0.2, -0.15) is 0 Å². The van der Waals surface area contributed by atoms with Crippen molar-refractivity contribution in [2.45, 2.75) is 16.6 Å². The number of hydrogen-bond donors (Lipinski definition) is 1. The summed E-state index contributed by atoms with van der Waals surface area (Å²) in [5, 5.41) is 2.40. The number of nitrogens with one attached hydrogen (secondary N) is 1. The first kappa shape index (κ1) is 17.7. The fourth-order valence-corrected chi connectivity index (χ4v) is 1.98. The molecule has 1 atom stereocenters. The lowest BCUT2D eigenvalue weighted by Crippen LogP contribution is -2.48. The van der Waals surface area contributed by atoms with Gasteiger partial charge in [0.1, 0.15) is 12.4 Å². The number of rotatable bonds is 5. The molecule has 7 heteroatoms. The summed E-state index contributed by atoms with van der Waals surface area (Å²) < 4.78 is 8.72. The molecule has 0 fully saturated rings. The Labute approximate surface area is 149 Å². The maximum absolute atomic E-state index is 11.9. The number of ether oxygens (including phenoxy) is 2. The van der Waals surface area contributed by atoms with Gasteiger partial charge in [0.25, 0.3) is 0 Å². The molecule has 0 radical (unpaired) electrons. The van der Waals surface area contributed by atoms with Crippen molar-refractivity contribution in [1.82, 2.24) is 5.32 Å². The Hall–Kier alpha value is -1.62. The van der Waals surface area contributed by atoms with Crippen LogP contribution in [0.2, 0.25) is 0 Å². The molecule has 122 valence electrons. The molecule has 2 aromatic carbocycles. The number of halogens is 3. The molecule has 0 saturated heterocycles. The van der Waals surface area contributed by atoms with Crippen LogP contribution in [0, 0.1) is 0 Å². The molecular formula is C16H14Cl3NO3. The molecule has 0 aliphatic carbocycles. The molecule has 2 rings (SSSR count). The van der Waals surface area contributed by atoms with Crippen molar-refractivity contribution in [2.24, 2.45) is 0 Å². The number of benzene rings is 2. The van der Waals surface area contributed by atoms with Crippen molar-refractivity contribution >= 4 is 40.9 Å². The van der Waals surface area contributed by atoms with E-state index in [1.165, 1.54) is 0 Å². The third-order valence-corrected chi connectivity index (χ3v) is 3.35. The molecule has 0 unspecified atom stereocenters. The monoisotopic (exact) mass is 373 g/mol. The van der Waals surface area contributed by atoms with Crippen LogP contribution in [-0.2, 0) is 11.3 Å². The number of para-hydroxylation sites is 1. The zero-order valence-corrected chi connectivity index (χ0v) is 14.2. The lowest BCUT2D eigenvalue weighted by molar-refractivity contribution is 0.106. The highest BCUT2D eigenvalue weighted by Gasteiger charge is 2.36. The van der Waals surface area contributed by atoms with E-state index in [-0.39, 0.29) is 6.61 Å². The minimum Gasteiger partial charge on any atom is -0.466 e. The number of carbonyl (C=O) groups excluding carboxylic acids is 1. The van der Waals surface area contributed by atoms with Crippen LogP contribution in [0.15, 0.2) is 60.7 Å². The number of carbonyl (C=O) groups is 1. The third kappa shape index (κ3) is 6.18. The molecule has 4 nitrogen and oxygen atoms in total. The van der Waals surface area contributed by atoms with Gasteiger partial charge >= 0.3 is 6.09 Å². The highest BCUT2D eigenvalue weighted by molar-refractivity contribution is 6.68. The quantitative estimate of drug-likeness (QED) is 0.610. The fourth-order valence-electron chi connectivity index (χ4n) is 1.69. The number of amides is 1. The molecule has 2 aromatic rings. The van der Waals surface area contributed by atoms with E-state index in [1.807, 2.05) is 36.4 Å². The van der Waals surface area contributed by atoms with E-state index in [2.05, 4.69) is 5.32 Å². The molecule has 1 N–H and O–H groups in total. The molecule has 0 saturated carbocycles. The second kappa shape index (κ2) is 8.29. The molecule has 1 amide bonds. The second-order valence-electron chi connectivity index (χ2n) is 4.56. The number of alkyl halides is 3. The molecular weight excluding hydrogens is 361 g/mol. The van der Waals surface area contributed by atoms with Crippen molar-refractivity contribution in [3.8, 4) is 5.75 Å². The van der Waals surface area contributed by atoms with E-state index >= 15 is 0 Å². The number of hydrogen-bond acceptors (Lipinski definition) is 3. The Morgan fingerprint density at radius 2 is 1.57 bits per heavy atom. The van der Waals surface area contributed by atoms with Crippen LogP contribution < -0.4 is 10.1 Å². The Kier molecular flexibility index (Phi) is 6.39. The SMILES string of the molecule is O=C(N[C@@H](Oc1ccccc1)C(Cl)(Cl)Cl)OCc1ccccc1. The molecule has 0 aliphatic rings. The van der Waals surface area contributed by atoms with E-state index in [9.17, 15) is 4.79 Å². The van der Waals surface area contributed by atoms with Gasteiger partial charge in [-0.05, 0) is 17.7 Å². The van der Waals surface area contributed by atoms with Gasteiger partial charge in [-0.3, -0.25) is 5.32 Å². The van der Waals surface area contributed by atoms with Gasteiger partial charge in [0.05, 0.1) is 0 Å². The summed E-state index contributed by atoms with van der Waals surface area (Å²) in [5.41, 5.74) is 0.845. The van der Waals surface area contributed by atoms with Gasteiger partial charge in [-0.1, -0.05) is 83.3 Å². The van der Waals surface area contributed by atoms with Crippen LogP contribution in [0.5, 0.6) is 5.75 Å². The normalized spacial score (nSPS) is 12.3.